The van der Waals surface area contributed by atoms with Crippen LogP contribution in [0.2, 0.25) is 0 Å². The van der Waals surface area contributed by atoms with Crippen LogP contribution in [0.3, 0.4) is 0 Å². The van der Waals surface area contributed by atoms with Gasteiger partial charge in [0.25, 0.3) is 0 Å². The van der Waals surface area contributed by atoms with Crippen molar-refractivity contribution in [2.45, 2.75) is 25.7 Å². The first kappa shape index (κ1) is 19.4. The molecule has 0 aliphatic heterocycles. The Balaban J connectivity index is -0.000000125. The molecule has 0 radical (unpaired) electrons. The molecule has 1 aliphatic rings. The van der Waals surface area contributed by atoms with Crippen molar-refractivity contribution in [2.24, 2.45) is 0 Å². The van der Waals surface area contributed by atoms with E-state index in [1.54, 1.807) is 0 Å². The van der Waals surface area contributed by atoms with Gasteiger partial charge in [-0.25, -0.2) is 12.1 Å². The Bertz CT molecular complexity index is 112. The van der Waals surface area contributed by atoms with Crippen LogP contribution < -0.4 is 24.8 Å². The van der Waals surface area contributed by atoms with Gasteiger partial charge in [0, 0.05) is 0 Å². The van der Waals surface area contributed by atoms with E-state index < -0.39 is 0 Å². The standard InChI is InChI=1S/C5H9.C5H5.2ClH.Zr/c2*1-2-4-5-3-1;;;/h1H,2-5H2;1-5H;2*1H;/q2*-1;;;+4/p-2. The van der Waals surface area contributed by atoms with Gasteiger partial charge in [0.15, 0.2) is 0 Å². The summed E-state index contributed by atoms with van der Waals surface area (Å²) in [6, 6.07) is 10.0. The van der Waals surface area contributed by atoms with Crippen molar-refractivity contribution in [2.75, 3.05) is 0 Å². The van der Waals surface area contributed by atoms with Crippen LogP contribution in [0.5, 0.6) is 0 Å². The molecule has 0 N–H and O–H groups in total. The molecule has 1 fully saturated rings. The number of rotatable bonds is 0. The van der Waals surface area contributed by atoms with E-state index in [-0.39, 0.29) is 51.0 Å². The van der Waals surface area contributed by atoms with Gasteiger partial charge in [-0.3, -0.25) is 0 Å². The molecule has 0 nitrogen and oxygen atoms in total. The molecule has 0 amide bonds. The summed E-state index contributed by atoms with van der Waals surface area (Å²) in [6.07, 6.45) is 8.00. The molecule has 3 heteroatoms. The monoisotopic (exact) mass is 294 g/mol. The molecular formula is C10H14Cl2Zr. The molecule has 0 saturated heterocycles. The average molecular weight is 296 g/mol. The third-order valence-corrected chi connectivity index (χ3v) is 1.62. The van der Waals surface area contributed by atoms with Gasteiger partial charge in [-0.05, 0) is 0 Å². The van der Waals surface area contributed by atoms with Crippen LogP contribution in [0, 0.1) is 6.42 Å². The zero-order valence-electron chi connectivity index (χ0n) is 7.55. The third kappa shape index (κ3) is 12.8. The minimum absolute atomic E-state index is 0. The second kappa shape index (κ2) is 15.3. The molecule has 0 heterocycles. The first-order valence-corrected chi connectivity index (χ1v) is 3.98. The third-order valence-electron chi connectivity index (χ3n) is 1.62. The van der Waals surface area contributed by atoms with E-state index in [4.69, 9.17) is 0 Å². The summed E-state index contributed by atoms with van der Waals surface area (Å²) in [6.45, 7) is 0. The van der Waals surface area contributed by atoms with E-state index in [0.29, 0.717) is 0 Å². The normalized spacial score (nSPS) is 12.3. The summed E-state index contributed by atoms with van der Waals surface area (Å²) >= 11 is 0. The molecule has 0 aromatic heterocycles. The smallest absolute Gasteiger partial charge is 1.00 e. The second-order valence-electron chi connectivity index (χ2n) is 2.54. The average Bonchev–Trinajstić information content (AvgIpc) is 2.67. The van der Waals surface area contributed by atoms with Gasteiger partial charge in [-0.2, -0.15) is 31.0 Å². The molecular weight excluding hydrogens is 282 g/mol. The van der Waals surface area contributed by atoms with Crippen molar-refractivity contribution >= 4 is 0 Å². The maximum Gasteiger partial charge on any atom is 4.00 e. The molecule has 1 aliphatic carbocycles. The number of hydrogen-bond acceptors (Lipinski definition) is 0. The Morgan fingerprint density at radius 3 is 1.46 bits per heavy atom. The molecule has 0 unspecified atom stereocenters. The Morgan fingerprint density at radius 1 is 0.846 bits per heavy atom. The molecule has 13 heavy (non-hydrogen) atoms. The molecule has 1 saturated carbocycles. The molecule has 1 aromatic carbocycles. The van der Waals surface area contributed by atoms with E-state index >= 15 is 0 Å². The SMILES string of the molecule is [CH-]1CCCC1.[Cl-].[Cl-].[Zr+4].c1cc[cH-]c1. The topological polar surface area (TPSA) is 0 Å². The van der Waals surface area contributed by atoms with Gasteiger partial charge in [-0.15, -0.1) is 0 Å². The first-order chi connectivity index (χ1) is 5.00. The predicted octanol–water partition coefficient (Wildman–Crippen LogP) is -2.82. The molecule has 0 bridgehead atoms. The van der Waals surface area contributed by atoms with Gasteiger partial charge in [-0.1, -0.05) is 12.8 Å². The maximum absolute atomic E-state index is 2.36. The van der Waals surface area contributed by atoms with Gasteiger partial charge >= 0.3 is 26.2 Å². The fourth-order valence-corrected chi connectivity index (χ4v) is 1.04. The molecule has 72 valence electrons. The van der Waals surface area contributed by atoms with Crippen molar-refractivity contribution in [1.82, 2.24) is 0 Å². The minimum Gasteiger partial charge on any atom is -1.00 e. The van der Waals surface area contributed by atoms with Crippen LogP contribution in [-0.2, 0) is 26.2 Å². The molecule has 0 spiro atoms. The van der Waals surface area contributed by atoms with Crippen molar-refractivity contribution in [3.05, 3.63) is 36.8 Å². The summed E-state index contributed by atoms with van der Waals surface area (Å²) in [5, 5.41) is 0. The minimum atomic E-state index is 0. The zero-order valence-corrected chi connectivity index (χ0v) is 11.5. The Morgan fingerprint density at radius 2 is 1.31 bits per heavy atom. The number of hydrogen-bond donors (Lipinski definition) is 0. The van der Waals surface area contributed by atoms with E-state index in [1.165, 1.54) is 25.7 Å². The van der Waals surface area contributed by atoms with E-state index in [9.17, 15) is 0 Å². The second-order valence-corrected chi connectivity index (χ2v) is 2.54. The summed E-state index contributed by atoms with van der Waals surface area (Å²) in [7, 11) is 0. The largest absolute Gasteiger partial charge is 4.00 e. The maximum atomic E-state index is 2.36. The molecule has 0 atom stereocenters. The van der Waals surface area contributed by atoms with E-state index in [1.807, 2.05) is 30.3 Å². The summed E-state index contributed by atoms with van der Waals surface area (Å²) in [5.74, 6) is 0. The van der Waals surface area contributed by atoms with Crippen LogP contribution in [0.25, 0.3) is 0 Å². The van der Waals surface area contributed by atoms with Crippen LogP contribution in [0.15, 0.2) is 30.3 Å². The van der Waals surface area contributed by atoms with Crippen molar-refractivity contribution < 1.29 is 51.0 Å². The van der Waals surface area contributed by atoms with E-state index in [2.05, 4.69) is 6.42 Å². The Hall–Kier alpha value is 0.813. The molecule has 1 aromatic rings. The predicted molar refractivity (Wildman–Crippen MR) is 44.8 cm³/mol. The summed E-state index contributed by atoms with van der Waals surface area (Å²) < 4.78 is 0. The fourth-order valence-electron chi connectivity index (χ4n) is 1.04. The van der Waals surface area contributed by atoms with E-state index in [0.717, 1.165) is 0 Å². The van der Waals surface area contributed by atoms with Crippen molar-refractivity contribution in [3.8, 4) is 0 Å². The van der Waals surface area contributed by atoms with Gasteiger partial charge < -0.3 is 31.2 Å². The van der Waals surface area contributed by atoms with Crippen LogP contribution in [0.1, 0.15) is 25.7 Å². The first-order valence-electron chi connectivity index (χ1n) is 3.98. The molecule has 2 rings (SSSR count). The van der Waals surface area contributed by atoms with Gasteiger partial charge in [0.05, 0.1) is 0 Å². The Labute approximate surface area is 113 Å². The van der Waals surface area contributed by atoms with Crippen LogP contribution >= 0.6 is 0 Å². The fraction of sp³-hybridized carbons (Fsp3) is 0.400. The quantitative estimate of drug-likeness (QED) is 0.453. The number of halogens is 2. The van der Waals surface area contributed by atoms with Crippen LogP contribution in [-0.4, -0.2) is 0 Å². The van der Waals surface area contributed by atoms with Crippen molar-refractivity contribution in [3.63, 3.8) is 0 Å². The summed E-state index contributed by atoms with van der Waals surface area (Å²) in [5.41, 5.74) is 0. The summed E-state index contributed by atoms with van der Waals surface area (Å²) in [4.78, 5) is 0. The Kier molecular flexibility index (Phi) is 22.8. The van der Waals surface area contributed by atoms with Crippen LogP contribution in [0.4, 0.5) is 0 Å². The van der Waals surface area contributed by atoms with Gasteiger partial charge in [0.1, 0.15) is 0 Å². The zero-order chi connectivity index (χ0) is 7.07. The van der Waals surface area contributed by atoms with Gasteiger partial charge in [0.2, 0.25) is 0 Å². The van der Waals surface area contributed by atoms with Crippen molar-refractivity contribution in [1.29, 1.82) is 0 Å².